The molecule has 19 heavy (non-hydrogen) atoms. The number of ether oxygens (including phenoxy) is 2. The minimum absolute atomic E-state index is 0.375. The predicted octanol–water partition coefficient (Wildman–Crippen LogP) is 2.50. The van der Waals surface area contributed by atoms with Crippen LogP contribution in [0.3, 0.4) is 0 Å². The summed E-state index contributed by atoms with van der Waals surface area (Å²) in [5.41, 5.74) is -1.47. The topological polar surface area (TPSA) is 55.8 Å². The summed E-state index contributed by atoms with van der Waals surface area (Å²) >= 11 is 0. The van der Waals surface area contributed by atoms with Crippen LogP contribution in [0.4, 0.5) is 4.79 Å². The van der Waals surface area contributed by atoms with Gasteiger partial charge in [0.25, 0.3) is 0 Å². The number of amides is 1. The maximum absolute atomic E-state index is 12.3. The zero-order chi connectivity index (χ0) is 14.8. The van der Waals surface area contributed by atoms with Gasteiger partial charge in [0.05, 0.1) is 6.04 Å². The Hall–Kier alpha value is -1.36. The molecule has 1 fully saturated rings. The van der Waals surface area contributed by atoms with E-state index in [1.165, 1.54) is 4.90 Å². The molecule has 1 heterocycles. The highest BCUT2D eigenvalue weighted by Gasteiger charge is 2.50. The molecule has 0 aliphatic carbocycles. The maximum Gasteiger partial charge on any atom is 0.412 e. The fourth-order valence-corrected chi connectivity index (χ4v) is 2.21. The van der Waals surface area contributed by atoms with Gasteiger partial charge in [0.1, 0.15) is 17.4 Å². The van der Waals surface area contributed by atoms with Crippen LogP contribution in [0.2, 0.25) is 0 Å². The Balaban J connectivity index is 3.01. The van der Waals surface area contributed by atoms with E-state index in [2.05, 4.69) is 6.58 Å². The second-order valence-electron chi connectivity index (χ2n) is 6.11. The Labute approximate surface area is 114 Å². The highest BCUT2D eigenvalue weighted by atomic mass is 16.6. The third-order valence-electron chi connectivity index (χ3n) is 2.85. The molecule has 0 spiro atoms. The second kappa shape index (κ2) is 5.33. The Morgan fingerprint density at radius 3 is 2.47 bits per heavy atom. The number of rotatable bonds is 3. The number of aldehydes is 1. The van der Waals surface area contributed by atoms with Crippen LogP contribution >= 0.6 is 0 Å². The van der Waals surface area contributed by atoms with Crippen LogP contribution < -0.4 is 0 Å². The lowest BCUT2D eigenvalue weighted by molar-refractivity contribution is -0.124. The van der Waals surface area contributed by atoms with Crippen molar-refractivity contribution < 1.29 is 19.1 Å². The summed E-state index contributed by atoms with van der Waals surface area (Å²) in [5.74, 6) is 0. The lowest BCUT2D eigenvalue weighted by Gasteiger charge is -2.34. The van der Waals surface area contributed by atoms with Crippen LogP contribution in [-0.2, 0) is 14.3 Å². The van der Waals surface area contributed by atoms with Crippen molar-refractivity contribution in [2.45, 2.75) is 64.5 Å². The number of hydrogen-bond donors (Lipinski definition) is 0. The highest BCUT2D eigenvalue weighted by molar-refractivity contribution is 5.72. The minimum Gasteiger partial charge on any atom is -0.444 e. The van der Waals surface area contributed by atoms with Gasteiger partial charge >= 0.3 is 6.09 Å². The van der Waals surface area contributed by atoms with E-state index >= 15 is 0 Å². The van der Waals surface area contributed by atoms with Crippen molar-refractivity contribution in [1.82, 2.24) is 4.90 Å². The fourth-order valence-electron chi connectivity index (χ4n) is 2.21. The first-order chi connectivity index (χ1) is 8.62. The van der Waals surface area contributed by atoms with Crippen molar-refractivity contribution in [2.24, 2.45) is 0 Å². The average Bonchev–Trinajstić information content (AvgIpc) is 2.47. The maximum atomic E-state index is 12.3. The molecule has 0 aromatic heterocycles. The molecule has 0 radical (unpaired) electrons. The molecule has 0 bridgehead atoms. The van der Waals surface area contributed by atoms with Gasteiger partial charge in [-0.2, -0.15) is 0 Å². The van der Waals surface area contributed by atoms with E-state index in [1.807, 2.05) is 0 Å². The number of carbonyl (C=O) groups is 2. The van der Waals surface area contributed by atoms with Gasteiger partial charge in [-0.1, -0.05) is 6.08 Å². The zero-order valence-corrected chi connectivity index (χ0v) is 12.3. The number of nitrogens with zero attached hydrogens (tertiary/aromatic N) is 1. The van der Waals surface area contributed by atoms with Crippen LogP contribution in [0.1, 0.15) is 41.0 Å². The largest absolute Gasteiger partial charge is 0.444 e. The van der Waals surface area contributed by atoms with Gasteiger partial charge in [-0.15, -0.1) is 6.58 Å². The standard InChI is InChI=1S/C14H23NO4/c1-7-8-10-11(9-16)18-14(5,6)15(10)12(17)19-13(2,3)4/h7,9-11H,1,8H2,2-6H3/t10-,11-/m1/s1. The Morgan fingerprint density at radius 1 is 1.47 bits per heavy atom. The molecule has 1 rings (SSSR count). The first-order valence-corrected chi connectivity index (χ1v) is 6.38. The molecule has 108 valence electrons. The second-order valence-corrected chi connectivity index (χ2v) is 6.11. The van der Waals surface area contributed by atoms with Gasteiger partial charge in [-0.05, 0) is 41.0 Å². The number of carbonyl (C=O) groups excluding carboxylic acids is 2. The van der Waals surface area contributed by atoms with E-state index in [0.29, 0.717) is 6.42 Å². The monoisotopic (exact) mass is 269 g/mol. The Bertz CT molecular complexity index is 370. The molecule has 1 aliphatic rings. The highest BCUT2D eigenvalue weighted by Crippen LogP contribution is 2.34. The van der Waals surface area contributed by atoms with Gasteiger partial charge in [-0.3, -0.25) is 4.90 Å². The molecule has 0 aromatic rings. The van der Waals surface area contributed by atoms with Crippen LogP contribution in [0.15, 0.2) is 12.7 Å². The number of hydrogen-bond acceptors (Lipinski definition) is 4. The first-order valence-electron chi connectivity index (χ1n) is 6.38. The van der Waals surface area contributed by atoms with Gasteiger partial charge in [0.15, 0.2) is 6.29 Å². The summed E-state index contributed by atoms with van der Waals surface area (Å²) in [5, 5.41) is 0. The van der Waals surface area contributed by atoms with Crippen molar-refractivity contribution in [2.75, 3.05) is 0 Å². The van der Waals surface area contributed by atoms with Gasteiger partial charge in [0.2, 0.25) is 0 Å². The van der Waals surface area contributed by atoms with E-state index in [1.54, 1.807) is 40.7 Å². The molecule has 2 atom stereocenters. The van der Waals surface area contributed by atoms with Gasteiger partial charge in [-0.25, -0.2) is 4.79 Å². The first kappa shape index (κ1) is 15.7. The normalized spacial score (nSPS) is 26.1. The van der Waals surface area contributed by atoms with Crippen molar-refractivity contribution in [1.29, 1.82) is 0 Å². The van der Waals surface area contributed by atoms with Crippen LogP contribution in [0.25, 0.3) is 0 Å². The molecule has 5 nitrogen and oxygen atoms in total. The zero-order valence-electron chi connectivity index (χ0n) is 12.3. The smallest absolute Gasteiger partial charge is 0.412 e. The molecule has 0 N–H and O–H groups in total. The van der Waals surface area contributed by atoms with Crippen LogP contribution in [0.5, 0.6) is 0 Å². The minimum atomic E-state index is -0.873. The summed E-state index contributed by atoms with van der Waals surface area (Å²) in [6.07, 6.45) is 1.74. The molecular weight excluding hydrogens is 246 g/mol. The molecular formula is C14H23NO4. The molecule has 5 heteroatoms. The van der Waals surface area contributed by atoms with Crippen molar-refractivity contribution >= 4 is 12.4 Å². The predicted molar refractivity (Wildman–Crippen MR) is 71.7 cm³/mol. The third kappa shape index (κ3) is 3.56. The van der Waals surface area contributed by atoms with E-state index < -0.39 is 23.5 Å². The summed E-state index contributed by atoms with van der Waals surface area (Å²) < 4.78 is 11.0. The third-order valence-corrected chi connectivity index (χ3v) is 2.85. The summed E-state index contributed by atoms with van der Waals surface area (Å²) in [6, 6.07) is -0.375. The molecule has 0 aromatic carbocycles. The van der Waals surface area contributed by atoms with Crippen molar-refractivity contribution in [3.63, 3.8) is 0 Å². The SMILES string of the molecule is C=CC[C@@H]1[C@@H](C=O)OC(C)(C)N1C(=O)OC(C)(C)C. The van der Waals surface area contributed by atoms with E-state index in [-0.39, 0.29) is 6.04 Å². The van der Waals surface area contributed by atoms with Crippen molar-refractivity contribution in [3.05, 3.63) is 12.7 Å². The van der Waals surface area contributed by atoms with Gasteiger partial charge < -0.3 is 14.3 Å². The van der Waals surface area contributed by atoms with Crippen LogP contribution in [-0.4, -0.2) is 40.8 Å². The fraction of sp³-hybridized carbons (Fsp3) is 0.714. The lowest BCUT2D eigenvalue weighted by Crippen LogP contribution is -2.50. The molecule has 1 aliphatic heterocycles. The van der Waals surface area contributed by atoms with E-state index in [9.17, 15) is 9.59 Å². The molecule has 1 amide bonds. The Morgan fingerprint density at radius 2 is 2.05 bits per heavy atom. The quantitative estimate of drug-likeness (QED) is 0.583. The Kier molecular flexibility index (Phi) is 4.40. The lowest BCUT2D eigenvalue weighted by atomic mass is 10.1. The summed E-state index contributed by atoms with van der Waals surface area (Å²) in [7, 11) is 0. The van der Waals surface area contributed by atoms with E-state index in [0.717, 1.165) is 6.29 Å². The van der Waals surface area contributed by atoms with Gasteiger partial charge in [0, 0.05) is 0 Å². The molecule has 0 unspecified atom stereocenters. The molecule has 0 saturated carbocycles. The summed E-state index contributed by atoms with van der Waals surface area (Å²) in [6.45, 7) is 12.6. The average molecular weight is 269 g/mol. The van der Waals surface area contributed by atoms with Crippen molar-refractivity contribution in [3.8, 4) is 0 Å². The molecule has 1 saturated heterocycles. The van der Waals surface area contributed by atoms with E-state index in [4.69, 9.17) is 9.47 Å². The summed E-state index contributed by atoms with van der Waals surface area (Å²) in [4.78, 5) is 24.9. The van der Waals surface area contributed by atoms with Crippen LogP contribution in [0, 0.1) is 0 Å².